The molecule has 0 bridgehead atoms. The van der Waals surface area contributed by atoms with Crippen LogP contribution in [-0.2, 0) is 6.54 Å². The van der Waals surface area contributed by atoms with Gasteiger partial charge in [0.2, 0.25) is 0 Å². The quantitative estimate of drug-likeness (QED) is 0.791. The predicted octanol–water partition coefficient (Wildman–Crippen LogP) is 2.41. The van der Waals surface area contributed by atoms with Gasteiger partial charge in [-0.25, -0.2) is 4.98 Å². The molecule has 0 spiro atoms. The summed E-state index contributed by atoms with van der Waals surface area (Å²) in [6.07, 6.45) is 0. The average Bonchev–Trinajstić information content (AvgIpc) is 2.60. The van der Waals surface area contributed by atoms with E-state index >= 15 is 0 Å². The molecule has 2 aromatic rings. The standard InChI is InChI=1S/C11H14N2O/c1-7(2)11-13-9-5-3-4-8(6-12)10(9)14-11/h3-5,7H,6,12H2,1-2H3. The highest BCUT2D eigenvalue weighted by Gasteiger charge is 2.10. The molecule has 0 aliphatic heterocycles. The van der Waals surface area contributed by atoms with Crippen LogP contribution in [-0.4, -0.2) is 4.98 Å². The molecule has 0 aliphatic rings. The van der Waals surface area contributed by atoms with E-state index in [1.54, 1.807) is 0 Å². The number of hydrogen-bond donors (Lipinski definition) is 1. The van der Waals surface area contributed by atoms with E-state index in [-0.39, 0.29) is 0 Å². The van der Waals surface area contributed by atoms with E-state index in [0.29, 0.717) is 12.5 Å². The Balaban J connectivity index is 2.64. The van der Waals surface area contributed by atoms with Gasteiger partial charge in [0.05, 0.1) is 0 Å². The van der Waals surface area contributed by atoms with E-state index in [9.17, 15) is 0 Å². The van der Waals surface area contributed by atoms with Gasteiger partial charge in [0.15, 0.2) is 11.5 Å². The lowest BCUT2D eigenvalue weighted by Gasteiger charge is -1.96. The third-order valence-electron chi connectivity index (χ3n) is 2.23. The zero-order chi connectivity index (χ0) is 10.1. The first-order chi connectivity index (χ1) is 6.72. The summed E-state index contributed by atoms with van der Waals surface area (Å²) >= 11 is 0. The van der Waals surface area contributed by atoms with Crippen molar-refractivity contribution in [2.75, 3.05) is 0 Å². The molecule has 2 rings (SSSR count). The Labute approximate surface area is 82.9 Å². The first-order valence-electron chi connectivity index (χ1n) is 4.80. The lowest BCUT2D eigenvalue weighted by atomic mass is 10.2. The molecule has 3 nitrogen and oxygen atoms in total. The summed E-state index contributed by atoms with van der Waals surface area (Å²) in [5.74, 6) is 1.09. The van der Waals surface area contributed by atoms with E-state index in [0.717, 1.165) is 22.6 Å². The van der Waals surface area contributed by atoms with Gasteiger partial charge in [-0.1, -0.05) is 26.0 Å². The molecule has 0 amide bonds. The molecular formula is C11H14N2O. The summed E-state index contributed by atoms with van der Waals surface area (Å²) in [5, 5.41) is 0. The lowest BCUT2D eigenvalue weighted by molar-refractivity contribution is 0.499. The van der Waals surface area contributed by atoms with Gasteiger partial charge < -0.3 is 10.2 Å². The van der Waals surface area contributed by atoms with Crippen molar-refractivity contribution in [3.05, 3.63) is 29.7 Å². The number of nitrogens with two attached hydrogens (primary N) is 1. The minimum Gasteiger partial charge on any atom is -0.440 e. The summed E-state index contributed by atoms with van der Waals surface area (Å²) in [5.41, 5.74) is 8.36. The maximum absolute atomic E-state index is 5.66. The molecule has 0 aliphatic carbocycles. The van der Waals surface area contributed by atoms with Crippen LogP contribution in [0.15, 0.2) is 22.6 Å². The van der Waals surface area contributed by atoms with Crippen molar-refractivity contribution in [3.63, 3.8) is 0 Å². The van der Waals surface area contributed by atoms with E-state index in [2.05, 4.69) is 18.8 Å². The molecule has 2 N–H and O–H groups in total. The molecule has 0 saturated heterocycles. The van der Waals surface area contributed by atoms with Crippen molar-refractivity contribution in [1.82, 2.24) is 4.98 Å². The van der Waals surface area contributed by atoms with Gasteiger partial charge in [0, 0.05) is 18.0 Å². The zero-order valence-corrected chi connectivity index (χ0v) is 8.45. The number of benzene rings is 1. The van der Waals surface area contributed by atoms with Gasteiger partial charge in [-0.3, -0.25) is 0 Å². The topological polar surface area (TPSA) is 52.0 Å². The molecule has 74 valence electrons. The lowest BCUT2D eigenvalue weighted by Crippen LogP contribution is -1.95. The van der Waals surface area contributed by atoms with Gasteiger partial charge in [-0.05, 0) is 6.07 Å². The highest BCUT2D eigenvalue weighted by Crippen LogP contribution is 2.23. The highest BCUT2D eigenvalue weighted by atomic mass is 16.3. The van der Waals surface area contributed by atoms with Crippen LogP contribution in [0.3, 0.4) is 0 Å². The maximum Gasteiger partial charge on any atom is 0.198 e. The van der Waals surface area contributed by atoms with Crippen LogP contribution in [0.1, 0.15) is 31.2 Å². The Hall–Kier alpha value is -1.35. The van der Waals surface area contributed by atoms with Crippen LogP contribution >= 0.6 is 0 Å². The normalized spacial score (nSPS) is 11.4. The molecular weight excluding hydrogens is 176 g/mol. The number of aromatic nitrogens is 1. The second-order valence-corrected chi connectivity index (χ2v) is 3.68. The van der Waals surface area contributed by atoms with Crippen LogP contribution in [0.25, 0.3) is 11.1 Å². The minimum absolute atomic E-state index is 0.313. The number of fused-ring (bicyclic) bond motifs is 1. The number of nitrogens with zero attached hydrogens (tertiary/aromatic N) is 1. The maximum atomic E-state index is 5.66. The molecule has 0 radical (unpaired) electrons. The molecule has 0 saturated carbocycles. The van der Waals surface area contributed by atoms with Gasteiger partial charge in [0.25, 0.3) is 0 Å². The van der Waals surface area contributed by atoms with Gasteiger partial charge in [-0.2, -0.15) is 0 Å². The Morgan fingerprint density at radius 1 is 1.43 bits per heavy atom. The Kier molecular flexibility index (Phi) is 2.25. The fourth-order valence-corrected chi connectivity index (χ4v) is 1.43. The summed E-state index contributed by atoms with van der Waals surface area (Å²) in [6.45, 7) is 4.61. The molecule has 0 unspecified atom stereocenters. The van der Waals surface area contributed by atoms with Crippen LogP contribution in [0, 0.1) is 0 Å². The Morgan fingerprint density at radius 2 is 2.21 bits per heavy atom. The van der Waals surface area contributed by atoms with Gasteiger partial charge >= 0.3 is 0 Å². The SMILES string of the molecule is CC(C)c1nc2cccc(CN)c2o1. The van der Waals surface area contributed by atoms with Crippen LogP contribution in [0.4, 0.5) is 0 Å². The third kappa shape index (κ3) is 1.40. The van der Waals surface area contributed by atoms with Crippen molar-refractivity contribution < 1.29 is 4.42 Å². The number of para-hydroxylation sites is 1. The molecule has 14 heavy (non-hydrogen) atoms. The van der Waals surface area contributed by atoms with Crippen LogP contribution in [0.2, 0.25) is 0 Å². The van der Waals surface area contributed by atoms with Gasteiger partial charge in [-0.15, -0.1) is 0 Å². The summed E-state index contributed by atoms with van der Waals surface area (Å²) in [4.78, 5) is 4.40. The summed E-state index contributed by atoms with van der Waals surface area (Å²) < 4.78 is 5.66. The van der Waals surface area contributed by atoms with Crippen molar-refractivity contribution in [2.24, 2.45) is 5.73 Å². The van der Waals surface area contributed by atoms with Crippen LogP contribution < -0.4 is 5.73 Å². The van der Waals surface area contributed by atoms with E-state index in [1.807, 2.05) is 18.2 Å². The number of oxazole rings is 1. The molecule has 3 heteroatoms. The number of hydrogen-bond acceptors (Lipinski definition) is 3. The van der Waals surface area contributed by atoms with Crippen molar-refractivity contribution in [2.45, 2.75) is 26.3 Å². The summed E-state index contributed by atoms with van der Waals surface area (Å²) in [6, 6.07) is 5.87. The average molecular weight is 190 g/mol. The predicted molar refractivity (Wildman–Crippen MR) is 56.0 cm³/mol. The zero-order valence-electron chi connectivity index (χ0n) is 8.45. The smallest absolute Gasteiger partial charge is 0.198 e. The van der Waals surface area contributed by atoms with E-state index < -0.39 is 0 Å². The fourth-order valence-electron chi connectivity index (χ4n) is 1.43. The molecule has 1 heterocycles. The van der Waals surface area contributed by atoms with Crippen molar-refractivity contribution in [1.29, 1.82) is 0 Å². The van der Waals surface area contributed by atoms with Crippen molar-refractivity contribution in [3.8, 4) is 0 Å². The third-order valence-corrected chi connectivity index (χ3v) is 2.23. The largest absolute Gasteiger partial charge is 0.440 e. The number of rotatable bonds is 2. The fraction of sp³-hybridized carbons (Fsp3) is 0.364. The molecule has 1 aromatic carbocycles. The first-order valence-corrected chi connectivity index (χ1v) is 4.80. The van der Waals surface area contributed by atoms with Crippen LogP contribution in [0.5, 0.6) is 0 Å². The molecule has 0 fully saturated rings. The Bertz CT molecular complexity index is 445. The minimum atomic E-state index is 0.313. The second kappa shape index (κ2) is 3.42. The monoisotopic (exact) mass is 190 g/mol. The van der Waals surface area contributed by atoms with E-state index in [1.165, 1.54) is 0 Å². The Morgan fingerprint density at radius 3 is 2.86 bits per heavy atom. The molecule has 0 atom stereocenters. The van der Waals surface area contributed by atoms with Gasteiger partial charge in [0.1, 0.15) is 5.52 Å². The second-order valence-electron chi connectivity index (χ2n) is 3.68. The molecule has 1 aromatic heterocycles. The highest BCUT2D eigenvalue weighted by molar-refractivity contribution is 5.76. The van der Waals surface area contributed by atoms with E-state index in [4.69, 9.17) is 10.2 Å². The first kappa shape index (κ1) is 9.21. The van der Waals surface area contributed by atoms with Crippen molar-refractivity contribution >= 4 is 11.1 Å². The summed E-state index contributed by atoms with van der Waals surface area (Å²) in [7, 11) is 0.